The Kier molecular flexibility index (Phi) is 5.85. The molecule has 0 saturated carbocycles. The van der Waals surface area contributed by atoms with Crippen molar-refractivity contribution >= 4 is 33.8 Å². The lowest BCUT2D eigenvalue weighted by molar-refractivity contribution is -0.117. The first-order chi connectivity index (χ1) is 13.1. The third-order valence-electron chi connectivity index (χ3n) is 3.70. The summed E-state index contributed by atoms with van der Waals surface area (Å²) in [6.45, 7) is 0. The lowest BCUT2D eigenvalue weighted by Crippen LogP contribution is -2.38. The molecule has 0 spiro atoms. The lowest BCUT2D eigenvalue weighted by Gasteiger charge is -2.08. The fourth-order valence-corrected chi connectivity index (χ4v) is 2.63. The predicted molar refractivity (Wildman–Crippen MR) is 106 cm³/mol. The molecule has 1 aromatic heterocycles. The number of hydrogen-bond acceptors (Lipinski definition) is 4. The first-order valence-electron chi connectivity index (χ1n) is 8.01. The largest absolute Gasteiger partial charge is 0.457 e. The Bertz CT molecular complexity index is 979. The van der Waals surface area contributed by atoms with Crippen LogP contribution in [0.1, 0.15) is 16.1 Å². The first kappa shape index (κ1) is 18.6. The Balaban J connectivity index is 1.85. The normalized spacial score (nSPS) is 11.1. The molecule has 4 N–H and O–H groups in total. The van der Waals surface area contributed by atoms with Gasteiger partial charge in [-0.3, -0.25) is 15.0 Å². The number of hydrogen-bond donors (Lipinski definition) is 3. The Hall–Kier alpha value is -3.16. The standard InChI is InChI=1S/C20H16BrN3O3/c21-15-8-6-13(7-9-15)18-11-10-16(27-18)12-17(20(26)24-22)23-19(25)14-4-2-1-3-5-14/h1-12H,22H2,(H,23,25)(H,24,26)/b17-12+. The van der Waals surface area contributed by atoms with E-state index in [2.05, 4.69) is 21.2 Å². The molecule has 0 atom stereocenters. The Morgan fingerprint density at radius 2 is 1.67 bits per heavy atom. The molecule has 0 unspecified atom stereocenters. The number of carbonyl (C=O) groups is 2. The predicted octanol–water partition coefficient (Wildman–Crippen LogP) is 3.47. The van der Waals surface area contributed by atoms with Crippen molar-refractivity contribution in [3.8, 4) is 11.3 Å². The quantitative estimate of drug-likeness (QED) is 0.252. The van der Waals surface area contributed by atoms with Crippen LogP contribution in [0, 0.1) is 0 Å². The van der Waals surface area contributed by atoms with Gasteiger partial charge in [0, 0.05) is 21.7 Å². The molecule has 0 fully saturated rings. The van der Waals surface area contributed by atoms with Gasteiger partial charge in [-0.2, -0.15) is 0 Å². The van der Waals surface area contributed by atoms with Crippen molar-refractivity contribution in [3.05, 3.63) is 88.2 Å². The van der Waals surface area contributed by atoms with Gasteiger partial charge in [0.1, 0.15) is 17.2 Å². The fourth-order valence-electron chi connectivity index (χ4n) is 2.36. The maximum absolute atomic E-state index is 12.3. The van der Waals surface area contributed by atoms with Crippen LogP contribution in [0.3, 0.4) is 0 Å². The van der Waals surface area contributed by atoms with Crippen LogP contribution in [0.25, 0.3) is 17.4 Å². The van der Waals surface area contributed by atoms with E-state index in [4.69, 9.17) is 10.3 Å². The molecule has 136 valence electrons. The Labute approximate surface area is 164 Å². The van der Waals surface area contributed by atoms with E-state index in [0.717, 1.165) is 10.0 Å². The molecule has 2 aromatic carbocycles. The summed E-state index contributed by atoms with van der Waals surface area (Å²) in [5, 5.41) is 2.55. The van der Waals surface area contributed by atoms with Gasteiger partial charge < -0.3 is 9.73 Å². The van der Waals surface area contributed by atoms with Crippen LogP contribution in [0.15, 0.2) is 81.3 Å². The van der Waals surface area contributed by atoms with Crippen LogP contribution >= 0.6 is 15.9 Å². The van der Waals surface area contributed by atoms with Crippen LogP contribution < -0.4 is 16.6 Å². The third kappa shape index (κ3) is 4.72. The number of furan rings is 1. The first-order valence-corrected chi connectivity index (χ1v) is 8.81. The second-order valence-corrected chi connectivity index (χ2v) is 6.48. The highest BCUT2D eigenvalue weighted by Crippen LogP contribution is 2.24. The van der Waals surface area contributed by atoms with E-state index in [0.29, 0.717) is 17.1 Å². The van der Waals surface area contributed by atoms with Gasteiger partial charge in [-0.25, -0.2) is 5.84 Å². The SMILES string of the molecule is NNC(=O)/C(=C\c1ccc(-c2ccc(Br)cc2)o1)NC(=O)c1ccccc1. The van der Waals surface area contributed by atoms with Crippen molar-refractivity contribution in [2.24, 2.45) is 5.84 Å². The average molecular weight is 426 g/mol. The molecule has 0 aliphatic rings. The van der Waals surface area contributed by atoms with E-state index >= 15 is 0 Å². The third-order valence-corrected chi connectivity index (χ3v) is 4.23. The summed E-state index contributed by atoms with van der Waals surface area (Å²) in [4.78, 5) is 24.3. The molecular weight excluding hydrogens is 410 g/mol. The zero-order valence-electron chi connectivity index (χ0n) is 14.1. The molecule has 0 radical (unpaired) electrons. The number of amides is 2. The van der Waals surface area contributed by atoms with Gasteiger partial charge in [0.05, 0.1) is 0 Å². The monoisotopic (exact) mass is 425 g/mol. The van der Waals surface area contributed by atoms with Crippen molar-refractivity contribution in [2.45, 2.75) is 0 Å². The minimum atomic E-state index is -0.638. The van der Waals surface area contributed by atoms with Crippen LogP contribution in [0.4, 0.5) is 0 Å². The van der Waals surface area contributed by atoms with Gasteiger partial charge >= 0.3 is 0 Å². The average Bonchev–Trinajstić information content (AvgIpc) is 3.16. The molecule has 2 amide bonds. The molecule has 0 bridgehead atoms. The van der Waals surface area contributed by atoms with Crippen molar-refractivity contribution in [2.75, 3.05) is 0 Å². The summed E-state index contributed by atoms with van der Waals surface area (Å²) < 4.78 is 6.72. The molecule has 0 aliphatic carbocycles. The highest BCUT2D eigenvalue weighted by atomic mass is 79.9. The second kappa shape index (κ2) is 8.48. The molecule has 7 heteroatoms. The van der Waals surface area contributed by atoms with E-state index in [1.54, 1.807) is 42.5 Å². The maximum Gasteiger partial charge on any atom is 0.281 e. The maximum atomic E-state index is 12.3. The molecule has 3 aromatic rings. The number of rotatable bonds is 5. The molecule has 1 heterocycles. The zero-order chi connectivity index (χ0) is 19.2. The summed E-state index contributed by atoms with van der Waals surface area (Å²) in [5.74, 6) is 5.20. The number of nitrogens with one attached hydrogen (secondary N) is 2. The van der Waals surface area contributed by atoms with Crippen molar-refractivity contribution in [1.82, 2.24) is 10.7 Å². The van der Waals surface area contributed by atoms with Gasteiger partial charge in [-0.15, -0.1) is 0 Å². The number of carbonyl (C=O) groups excluding carboxylic acids is 2. The summed E-state index contributed by atoms with van der Waals surface area (Å²) >= 11 is 3.39. The number of hydrazine groups is 1. The van der Waals surface area contributed by atoms with Gasteiger partial charge in [0.15, 0.2) is 0 Å². The van der Waals surface area contributed by atoms with Gasteiger partial charge in [-0.05, 0) is 36.4 Å². The van der Waals surface area contributed by atoms with Crippen molar-refractivity contribution in [1.29, 1.82) is 0 Å². The van der Waals surface area contributed by atoms with Crippen LogP contribution in [-0.4, -0.2) is 11.8 Å². The lowest BCUT2D eigenvalue weighted by atomic mass is 10.2. The molecule has 6 nitrogen and oxygen atoms in total. The second-order valence-electron chi connectivity index (χ2n) is 5.56. The Morgan fingerprint density at radius 1 is 0.963 bits per heavy atom. The molecule has 3 rings (SSSR count). The number of halogens is 1. The van der Waals surface area contributed by atoms with E-state index in [9.17, 15) is 9.59 Å². The molecule has 27 heavy (non-hydrogen) atoms. The van der Waals surface area contributed by atoms with E-state index in [1.165, 1.54) is 6.08 Å². The summed E-state index contributed by atoms with van der Waals surface area (Å²) in [6, 6.07) is 19.7. The topological polar surface area (TPSA) is 97.4 Å². The summed E-state index contributed by atoms with van der Waals surface area (Å²) in [5.41, 5.74) is 3.30. The summed E-state index contributed by atoms with van der Waals surface area (Å²) in [7, 11) is 0. The molecule has 0 saturated heterocycles. The van der Waals surface area contributed by atoms with Crippen molar-refractivity contribution < 1.29 is 14.0 Å². The number of benzene rings is 2. The van der Waals surface area contributed by atoms with E-state index in [1.807, 2.05) is 29.7 Å². The van der Waals surface area contributed by atoms with E-state index in [-0.39, 0.29) is 5.70 Å². The molecular formula is C20H16BrN3O3. The zero-order valence-corrected chi connectivity index (χ0v) is 15.7. The minimum Gasteiger partial charge on any atom is -0.457 e. The summed E-state index contributed by atoms with van der Waals surface area (Å²) in [6.07, 6.45) is 1.42. The Morgan fingerprint density at radius 3 is 2.33 bits per heavy atom. The highest BCUT2D eigenvalue weighted by Gasteiger charge is 2.14. The van der Waals surface area contributed by atoms with E-state index < -0.39 is 11.8 Å². The van der Waals surface area contributed by atoms with Gasteiger partial charge in [0.25, 0.3) is 11.8 Å². The minimum absolute atomic E-state index is 0.0249. The smallest absolute Gasteiger partial charge is 0.281 e. The van der Waals surface area contributed by atoms with Gasteiger partial charge in [0.2, 0.25) is 0 Å². The van der Waals surface area contributed by atoms with Gasteiger partial charge in [-0.1, -0.05) is 46.3 Å². The fraction of sp³-hybridized carbons (Fsp3) is 0. The van der Waals surface area contributed by atoms with Crippen LogP contribution in [-0.2, 0) is 4.79 Å². The number of nitrogens with two attached hydrogens (primary N) is 1. The highest BCUT2D eigenvalue weighted by molar-refractivity contribution is 9.10. The van der Waals surface area contributed by atoms with Crippen LogP contribution in [0.2, 0.25) is 0 Å². The molecule has 0 aliphatic heterocycles. The van der Waals surface area contributed by atoms with Crippen LogP contribution in [0.5, 0.6) is 0 Å². The van der Waals surface area contributed by atoms with Crippen molar-refractivity contribution in [3.63, 3.8) is 0 Å².